The van der Waals surface area contributed by atoms with Crippen LogP contribution in [0.2, 0.25) is 0 Å². The van der Waals surface area contributed by atoms with Gasteiger partial charge >= 0.3 is 0 Å². The molecule has 2 nitrogen and oxygen atoms in total. The summed E-state index contributed by atoms with van der Waals surface area (Å²) in [5.41, 5.74) is 5.03. The van der Waals surface area contributed by atoms with Gasteiger partial charge in [0.25, 0.3) is 0 Å². The fraction of sp³-hybridized carbons (Fsp3) is 0.875. The zero-order valence-electron chi connectivity index (χ0n) is 6.31. The molecule has 0 radical (unpaired) electrons. The van der Waals surface area contributed by atoms with Gasteiger partial charge in [-0.25, -0.2) is 0 Å². The van der Waals surface area contributed by atoms with Gasteiger partial charge in [0.2, 0.25) is 5.91 Å². The topological polar surface area (TPSA) is 43.1 Å². The van der Waals surface area contributed by atoms with Gasteiger partial charge in [0.15, 0.2) is 0 Å². The van der Waals surface area contributed by atoms with Crippen molar-refractivity contribution in [3.8, 4) is 0 Å². The Morgan fingerprint density at radius 1 is 1.50 bits per heavy atom. The van der Waals surface area contributed by atoms with Crippen molar-refractivity contribution in [3.05, 3.63) is 0 Å². The van der Waals surface area contributed by atoms with E-state index in [4.69, 9.17) is 5.73 Å². The maximum atomic E-state index is 10.4. The number of rotatable bonds is 3. The molecule has 0 aromatic rings. The highest BCUT2D eigenvalue weighted by Crippen LogP contribution is 2.28. The van der Waals surface area contributed by atoms with E-state index in [0.717, 1.165) is 12.3 Å². The van der Waals surface area contributed by atoms with E-state index >= 15 is 0 Å². The van der Waals surface area contributed by atoms with Crippen LogP contribution in [0.3, 0.4) is 0 Å². The van der Waals surface area contributed by atoms with Crippen molar-refractivity contribution in [1.29, 1.82) is 0 Å². The van der Waals surface area contributed by atoms with Crippen molar-refractivity contribution in [3.63, 3.8) is 0 Å². The van der Waals surface area contributed by atoms with Gasteiger partial charge in [0.05, 0.1) is 0 Å². The lowest BCUT2D eigenvalue weighted by atomic mass is 10.0. The van der Waals surface area contributed by atoms with E-state index in [1.54, 1.807) is 0 Å². The standard InChI is InChI=1S/C8H15NO.H2/c9-8(10)6-5-7-3-1-2-4-7;/h7H,1-6H2,(H2,9,10);1H. The molecule has 1 aliphatic rings. The summed E-state index contributed by atoms with van der Waals surface area (Å²) in [5, 5.41) is 0. The number of carbonyl (C=O) groups excluding carboxylic acids is 1. The molecule has 0 atom stereocenters. The Hall–Kier alpha value is -0.530. The predicted molar refractivity (Wildman–Crippen MR) is 42.5 cm³/mol. The largest absolute Gasteiger partial charge is 0.370 e. The molecule has 2 heteroatoms. The van der Waals surface area contributed by atoms with Crippen LogP contribution in [0.4, 0.5) is 0 Å². The summed E-state index contributed by atoms with van der Waals surface area (Å²) in [7, 11) is 0. The van der Waals surface area contributed by atoms with Crippen molar-refractivity contribution in [2.24, 2.45) is 11.7 Å². The molecule has 0 spiro atoms. The van der Waals surface area contributed by atoms with E-state index in [1.165, 1.54) is 25.7 Å². The highest BCUT2D eigenvalue weighted by molar-refractivity contribution is 5.73. The number of hydrogen-bond acceptors (Lipinski definition) is 1. The van der Waals surface area contributed by atoms with Gasteiger partial charge in [-0.3, -0.25) is 4.79 Å². The van der Waals surface area contributed by atoms with Gasteiger partial charge < -0.3 is 5.73 Å². The number of hydrogen-bond donors (Lipinski definition) is 1. The fourth-order valence-corrected chi connectivity index (χ4v) is 1.65. The molecule has 10 heavy (non-hydrogen) atoms. The number of carbonyl (C=O) groups is 1. The maximum Gasteiger partial charge on any atom is 0.217 e. The minimum atomic E-state index is -0.146. The Balaban J connectivity index is 0.000001000. The summed E-state index contributed by atoms with van der Waals surface area (Å²) in [6.45, 7) is 0. The molecule has 1 saturated carbocycles. The van der Waals surface area contributed by atoms with Crippen molar-refractivity contribution < 1.29 is 6.22 Å². The van der Waals surface area contributed by atoms with Crippen LogP contribution in [0, 0.1) is 5.92 Å². The summed E-state index contributed by atoms with van der Waals surface area (Å²) in [5.74, 6) is 0.652. The molecule has 0 aliphatic heterocycles. The first kappa shape index (κ1) is 7.58. The maximum absolute atomic E-state index is 10.4. The Bertz CT molecular complexity index is 121. The molecule has 0 bridgehead atoms. The van der Waals surface area contributed by atoms with Gasteiger partial charge in [-0.1, -0.05) is 25.7 Å². The van der Waals surface area contributed by atoms with Crippen LogP contribution in [-0.2, 0) is 4.79 Å². The third-order valence-corrected chi connectivity index (χ3v) is 2.27. The van der Waals surface area contributed by atoms with E-state index in [0.29, 0.717) is 6.42 Å². The average Bonchev–Trinajstić information content (AvgIpc) is 2.34. The molecule has 1 rings (SSSR count). The molecule has 60 valence electrons. The van der Waals surface area contributed by atoms with E-state index in [1.807, 2.05) is 0 Å². The Morgan fingerprint density at radius 3 is 2.60 bits per heavy atom. The van der Waals surface area contributed by atoms with Gasteiger partial charge in [0, 0.05) is 7.85 Å². The van der Waals surface area contributed by atoms with Crippen molar-refractivity contribution in [1.82, 2.24) is 0 Å². The summed E-state index contributed by atoms with van der Waals surface area (Å²) in [6, 6.07) is 0. The second kappa shape index (κ2) is 3.59. The van der Waals surface area contributed by atoms with Crippen molar-refractivity contribution >= 4 is 5.91 Å². The van der Waals surface area contributed by atoms with Crippen LogP contribution in [0.1, 0.15) is 40.0 Å². The monoisotopic (exact) mass is 143 g/mol. The average molecular weight is 143 g/mol. The summed E-state index contributed by atoms with van der Waals surface area (Å²) < 4.78 is 0. The SMILES string of the molecule is NC(=O)CCC1CCCC1.[HH]. The lowest BCUT2D eigenvalue weighted by Gasteiger charge is -2.04. The Morgan fingerprint density at radius 2 is 2.10 bits per heavy atom. The smallest absolute Gasteiger partial charge is 0.217 e. The second-order valence-corrected chi connectivity index (χ2v) is 3.16. The van der Waals surface area contributed by atoms with Gasteiger partial charge in [-0.2, -0.15) is 0 Å². The second-order valence-electron chi connectivity index (χ2n) is 3.16. The molecule has 0 heterocycles. The number of primary amides is 1. The molecule has 1 amide bonds. The molecule has 0 aromatic carbocycles. The summed E-state index contributed by atoms with van der Waals surface area (Å²) in [6.07, 6.45) is 6.94. The minimum Gasteiger partial charge on any atom is -0.370 e. The number of nitrogens with two attached hydrogens (primary N) is 1. The first-order valence-corrected chi connectivity index (χ1v) is 4.07. The Labute approximate surface area is 63.3 Å². The zero-order chi connectivity index (χ0) is 7.40. The quantitative estimate of drug-likeness (QED) is 0.641. The minimum absolute atomic E-state index is 0. The predicted octanol–water partition coefficient (Wildman–Crippen LogP) is 1.69. The summed E-state index contributed by atoms with van der Waals surface area (Å²) >= 11 is 0. The van der Waals surface area contributed by atoms with Gasteiger partial charge in [-0.05, 0) is 12.3 Å². The van der Waals surface area contributed by atoms with Crippen LogP contribution in [0.15, 0.2) is 0 Å². The fourth-order valence-electron chi connectivity index (χ4n) is 1.65. The molecular weight excluding hydrogens is 126 g/mol. The van der Waals surface area contributed by atoms with Crippen LogP contribution in [-0.4, -0.2) is 5.91 Å². The van der Waals surface area contributed by atoms with E-state index in [2.05, 4.69) is 0 Å². The van der Waals surface area contributed by atoms with Crippen molar-refractivity contribution in [2.75, 3.05) is 0 Å². The molecule has 0 aromatic heterocycles. The zero-order valence-corrected chi connectivity index (χ0v) is 6.31. The molecule has 1 fully saturated rings. The first-order valence-electron chi connectivity index (χ1n) is 4.07. The van der Waals surface area contributed by atoms with E-state index in [9.17, 15) is 4.79 Å². The summed E-state index contributed by atoms with van der Waals surface area (Å²) in [4.78, 5) is 10.4. The van der Waals surface area contributed by atoms with Crippen LogP contribution in [0.5, 0.6) is 0 Å². The van der Waals surface area contributed by atoms with Crippen molar-refractivity contribution in [2.45, 2.75) is 38.5 Å². The highest BCUT2D eigenvalue weighted by atomic mass is 16.1. The lowest BCUT2D eigenvalue weighted by molar-refractivity contribution is -0.118. The molecule has 0 saturated heterocycles. The lowest BCUT2D eigenvalue weighted by Crippen LogP contribution is -2.11. The number of amides is 1. The van der Waals surface area contributed by atoms with Crippen LogP contribution < -0.4 is 5.73 Å². The van der Waals surface area contributed by atoms with E-state index < -0.39 is 0 Å². The van der Waals surface area contributed by atoms with Crippen LogP contribution in [0.25, 0.3) is 0 Å². The molecule has 1 aliphatic carbocycles. The first-order chi connectivity index (χ1) is 4.79. The molecule has 2 N–H and O–H groups in total. The van der Waals surface area contributed by atoms with E-state index in [-0.39, 0.29) is 7.33 Å². The molecule has 0 unspecified atom stereocenters. The molecular formula is C8H17NO. The Kier molecular flexibility index (Phi) is 2.72. The normalized spacial score (nSPS) is 19.6. The van der Waals surface area contributed by atoms with Crippen LogP contribution >= 0.6 is 0 Å². The van der Waals surface area contributed by atoms with Gasteiger partial charge in [0.1, 0.15) is 0 Å². The van der Waals surface area contributed by atoms with Gasteiger partial charge in [-0.15, -0.1) is 0 Å². The highest BCUT2D eigenvalue weighted by Gasteiger charge is 2.14. The third-order valence-electron chi connectivity index (χ3n) is 2.27. The third kappa shape index (κ3) is 2.38.